The predicted molar refractivity (Wildman–Crippen MR) is 119 cm³/mol. The second-order valence-corrected chi connectivity index (χ2v) is 7.86. The number of nitrogens with zero attached hydrogens (tertiary/aromatic N) is 4. The summed E-state index contributed by atoms with van der Waals surface area (Å²) in [6.07, 6.45) is 6.66. The molecule has 2 fully saturated rings. The zero-order valence-electron chi connectivity index (χ0n) is 18.2. The van der Waals surface area contributed by atoms with Crippen LogP contribution in [0.3, 0.4) is 0 Å². The topological polar surface area (TPSA) is 95.1 Å². The van der Waals surface area contributed by atoms with Crippen molar-refractivity contribution in [2.24, 2.45) is 0 Å². The zero-order valence-corrected chi connectivity index (χ0v) is 19.0. The van der Waals surface area contributed by atoms with Crippen LogP contribution in [0.5, 0.6) is 0 Å². The van der Waals surface area contributed by atoms with E-state index in [-0.39, 0.29) is 43.0 Å². The van der Waals surface area contributed by atoms with Crippen LogP contribution in [0.4, 0.5) is 10.5 Å². The minimum absolute atomic E-state index is 0. The van der Waals surface area contributed by atoms with Crippen molar-refractivity contribution < 1.29 is 19.1 Å². The second kappa shape index (κ2) is 11.7. The maximum atomic E-state index is 12.7. The molecule has 3 rings (SSSR count). The number of pyridine rings is 1. The highest BCUT2D eigenvalue weighted by molar-refractivity contribution is 5.85. The lowest BCUT2D eigenvalue weighted by Gasteiger charge is -2.38. The minimum Gasteiger partial charge on any atom is -0.468 e. The Balaban J connectivity index is 0.00000341. The van der Waals surface area contributed by atoms with Crippen molar-refractivity contribution in [3.8, 4) is 0 Å². The lowest BCUT2D eigenvalue weighted by molar-refractivity contribution is -0.148. The zero-order chi connectivity index (χ0) is 21.5. The number of halogens is 1. The van der Waals surface area contributed by atoms with Crippen LogP contribution in [-0.2, 0) is 14.3 Å². The molecule has 1 N–H and O–H groups in total. The van der Waals surface area contributed by atoms with E-state index in [4.69, 9.17) is 4.74 Å². The van der Waals surface area contributed by atoms with Gasteiger partial charge in [0, 0.05) is 63.3 Å². The highest BCUT2D eigenvalue weighted by Crippen LogP contribution is 2.24. The standard InChI is InChI=1S/C21H31N5O4.ClH/c1-16(27)26(15-20(28)30-2)19-5-3-17(4-6-19)23-21(29)25-13-11-24(12-14-25)18-7-9-22-10-8-18;/h7-10,17,19H,3-6,11-15H2,1-2H3,(H,23,29);1H. The minimum atomic E-state index is -0.411. The van der Waals surface area contributed by atoms with Gasteiger partial charge in [-0.05, 0) is 37.8 Å². The fraction of sp³-hybridized carbons (Fsp3) is 0.619. The summed E-state index contributed by atoms with van der Waals surface area (Å²) in [6, 6.07) is 4.06. The first-order valence-corrected chi connectivity index (χ1v) is 10.5. The van der Waals surface area contributed by atoms with Crippen molar-refractivity contribution in [3.05, 3.63) is 24.5 Å². The van der Waals surface area contributed by atoms with Gasteiger partial charge in [0.1, 0.15) is 6.54 Å². The summed E-state index contributed by atoms with van der Waals surface area (Å²) >= 11 is 0. The molecular formula is C21H32ClN5O4. The van der Waals surface area contributed by atoms with Gasteiger partial charge in [-0.25, -0.2) is 4.79 Å². The molecule has 0 unspecified atom stereocenters. The Hall–Kier alpha value is -2.55. The van der Waals surface area contributed by atoms with Gasteiger partial charge >= 0.3 is 12.0 Å². The van der Waals surface area contributed by atoms with Crippen LogP contribution in [0.25, 0.3) is 0 Å². The molecule has 2 heterocycles. The van der Waals surface area contributed by atoms with Crippen LogP contribution in [0.1, 0.15) is 32.6 Å². The summed E-state index contributed by atoms with van der Waals surface area (Å²) < 4.78 is 4.70. The maximum absolute atomic E-state index is 12.7. The molecule has 1 saturated heterocycles. The molecule has 9 nitrogen and oxygen atoms in total. The van der Waals surface area contributed by atoms with Crippen molar-refractivity contribution in [3.63, 3.8) is 0 Å². The van der Waals surface area contributed by atoms with E-state index in [1.807, 2.05) is 17.0 Å². The number of hydrogen-bond donors (Lipinski definition) is 1. The second-order valence-electron chi connectivity index (χ2n) is 7.86. The maximum Gasteiger partial charge on any atom is 0.325 e. The van der Waals surface area contributed by atoms with Crippen molar-refractivity contribution in [2.45, 2.75) is 44.7 Å². The number of carbonyl (C=O) groups is 3. The Labute approximate surface area is 189 Å². The molecular weight excluding hydrogens is 422 g/mol. The van der Waals surface area contributed by atoms with Crippen LogP contribution in [0, 0.1) is 0 Å². The Morgan fingerprint density at radius 3 is 2.26 bits per heavy atom. The predicted octanol–water partition coefficient (Wildman–Crippen LogP) is 1.67. The average molecular weight is 454 g/mol. The SMILES string of the molecule is COC(=O)CN(C(C)=O)C1CCC(NC(=O)N2CCN(c3ccncc3)CC2)CC1.Cl. The molecule has 0 atom stereocenters. The van der Waals surface area contributed by atoms with Crippen molar-refractivity contribution >= 4 is 36.0 Å². The highest BCUT2D eigenvalue weighted by Gasteiger charge is 2.30. The third kappa shape index (κ3) is 6.72. The number of piperazine rings is 1. The lowest BCUT2D eigenvalue weighted by atomic mass is 9.90. The molecule has 0 aromatic carbocycles. The van der Waals surface area contributed by atoms with E-state index in [1.54, 1.807) is 17.3 Å². The van der Waals surface area contributed by atoms with Gasteiger partial charge in [-0.3, -0.25) is 14.6 Å². The molecule has 0 bridgehead atoms. The quantitative estimate of drug-likeness (QED) is 0.681. The summed E-state index contributed by atoms with van der Waals surface area (Å²) in [4.78, 5) is 45.9. The van der Waals surface area contributed by atoms with E-state index in [2.05, 4.69) is 15.2 Å². The third-order valence-electron chi connectivity index (χ3n) is 5.99. The summed E-state index contributed by atoms with van der Waals surface area (Å²) in [5, 5.41) is 3.15. The molecule has 0 radical (unpaired) electrons. The normalized spacial score (nSPS) is 21.0. The summed E-state index contributed by atoms with van der Waals surface area (Å²) in [6.45, 7) is 4.41. The first-order chi connectivity index (χ1) is 14.5. The summed E-state index contributed by atoms with van der Waals surface area (Å²) in [5.74, 6) is -0.536. The van der Waals surface area contributed by atoms with Gasteiger partial charge in [0.05, 0.1) is 7.11 Å². The van der Waals surface area contributed by atoms with E-state index < -0.39 is 5.97 Å². The van der Waals surface area contributed by atoms with Gasteiger partial charge in [-0.1, -0.05) is 0 Å². The number of aromatic nitrogens is 1. The van der Waals surface area contributed by atoms with Crippen molar-refractivity contribution in [1.29, 1.82) is 0 Å². The number of methoxy groups -OCH3 is 1. The molecule has 1 aliphatic carbocycles. The van der Waals surface area contributed by atoms with Crippen molar-refractivity contribution in [2.75, 3.05) is 44.7 Å². The summed E-state index contributed by atoms with van der Waals surface area (Å²) in [7, 11) is 1.32. The van der Waals surface area contributed by atoms with Crippen LogP contribution in [0.15, 0.2) is 24.5 Å². The molecule has 1 saturated carbocycles. The Bertz CT molecular complexity index is 735. The van der Waals surface area contributed by atoms with Crippen molar-refractivity contribution in [1.82, 2.24) is 20.1 Å². The molecule has 1 aromatic heterocycles. The smallest absolute Gasteiger partial charge is 0.325 e. The number of nitrogens with one attached hydrogen (secondary N) is 1. The average Bonchev–Trinajstić information content (AvgIpc) is 2.78. The Kier molecular flexibility index (Phi) is 9.36. The molecule has 2 aliphatic rings. The van der Waals surface area contributed by atoms with Crippen LogP contribution >= 0.6 is 12.4 Å². The van der Waals surface area contributed by atoms with Gasteiger partial charge in [-0.15, -0.1) is 12.4 Å². The largest absolute Gasteiger partial charge is 0.468 e. The van der Waals surface area contributed by atoms with Gasteiger partial charge in [-0.2, -0.15) is 0 Å². The van der Waals surface area contributed by atoms with Crippen LogP contribution < -0.4 is 10.2 Å². The molecule has 31 heavy (non-hydrogen) atoms. The molecule has 1 aromatic rings. The van der Waals surface area contributed by atoms with Gasteiger partial charge < -0.3 is 24.8 Å². The van der Waals surface area contributed by atoms with E-state index in [0.29, 0.717) is 13.1 Å². The number of esters is 1. The number of carbonyl (C=O) groups excluding carboxylic acids is 3. The summed E-state index contributed by atoms with van der Waals surface area (Å²) in [5.41, 5.74) is 1.13. The van der Waals surface area contributed by atoms with Crippen LogP contribution in [-0.4, -0.2) is 84.6 Å². The third-order valence-corrected chi connectivity index (χ3v) is 5.99. The van der Waals surface area contributed by atoms with Gasteiger partial charge in [0.2, 0.25) is 5.91 Å². The molecule has 1 aliphatic heterocycles. The monoisotopic (exact) mass is 453 g/mol. The number of hydrogen-bond acceptors (Lipinski definition) is 6. The molecule has 0 spiro atoms. The highest BCUT2D eigenvalue weighted by atomic mass is 35.5. The van der Waals surface area contributed by atoms with E-state index in [0.717, 1.165) is 44.5 Å². The molecule has 10 heteroatoms. The number of urea groups is 1. The Morgan fingerprint density at radius 1 is 1.10 bits per heavy atom. The number of amides is 3. The Morgan fingerprint density at radius 2 is 1.71 bits per heavy atom. The molecule has 3 amide bonds. The van der Waals surface area contributed by atoms with Gasteiger partial charge in [0.25, 0.3) is 0 Å². The first-order valence-electron chi connectivity index (χ1n) is 10.5. The fourth-order valence-electron chi connectivity index (χ4n) is 4.22. The number of anilines is 1. The number of ether oxygens (including phenoxy) is 1. The number of rotatable bonds is 5. The fourth-order valence-corrected chi connectivity index (χ4v) is 4.22. The van der Waals surface area contributed by atoms with Gasteiger partial charge in [0.15, 0.2) is 0 Å². The lowest BCUT2D eigenvalue weighted by Crippen LogP contribution is -2.54. The van der Waals surface area contributed by atoms with Crippen LogP contribution in [0.2, 0.25) is 0 Å². The van der Waals surface area contributed by atoms with E-state index in [1.165, 1.54) is 14.0 Å². The molecule has 172 valence electrons. The van der Waals surface area contributed by atoms with E-state index in [9.17, 15) is 14.4 Å². The van der Waals surface area contributed by atoms with E-state index >= 15 is 0 Å². The first kappa shape index (κ1) is 24.7.